The summed E-state index contributed by atoms with van der Waals surface area (Å²) in [7, 11) is 0. The smallest absolute Gasteiger partial charge is 0.244 e. The number of nitrogens with zero attached hydrogens (tertiary/aromatic N) is 2. The zero-order valence-corrected chi connectivity index (χ0v) is 16.6. The summed E-state index contributed by atoms with van der Waals surface area (Å²) in [6.07, 6.45) is 5.34. The molecule has 1 atom stereocenters. The van der Waals surface area contributed by atoms with Crippen molar-refractivity contribution in [2.24, 2.45) is 0 Å². The number of para-hydroxylation sites is 2. The summed E-state index contributed by atoms with van der Waals surface area (Å²) in [4.78, 5) is 20.6. The van der Waals surface area contributed by atoms with Crippen LogP contribution >= 0.6 is 0 Å². The van der Waals surface area contributed by atoms with Crippen molar-refractivity contribution in [3.05, 3.63) is 72.4 Å². The second-order valence-electron chi connectivity index (χ2n) is 7.32. The Kier molecular flexibility index (Phi) is 5.31. The van der Waals surface area contributed by atoms with Crippen molar-refractivity contribution in [3.8, 4) is 0 Å². The molecule has 3 aromatic rings. The Balaban J connectivity index is 1.48. The summed E-state index contributed by atoms with van der Waals surface area (Å²) in [5, 5.41) is 1.27. The molecule has 4 rings (SSSR count). The van der Waals surface area contributed by atoms with Gasteiger partial charge in [0.05, 0.1) is 6.04 Å². The third-order valence-corrected chi connectivity index (χ3v) is 5.73. The molecule has 0 bridgehead atoms. The van der Waals surface area contributed by atoms with Gasteiger partial charge in [-0.1, -0.05) is 42.5 Å². The van der Waals surface area contributed by atoms with E-state index in [4.69, 9.17) is 0 Å². The van der Waals surface area contributed by atoms with E-state index in [1.807, 2.05) is 49.1 Å². The Labute approximate surface area is 166 Å². The van der Waals surface area contributed by atoms with Gasteiger partial charge in [-0.2, -0.15) is 0 Å². The van der Waals surface area contributed by atoms with Crippen molar-refractivity contribution in [2.75, 3.05) is 24.5 Å². The standard InChI is InChI=1S/C24H27N3O/c1-3-27(20-9-5-4-6-10-20)24(28)18(2)26-15-13-19(14-16-26)22-17-25-23-12-8-7-11-21(22)23/h4-13,17-18,25H,3,14-16H2,1-2H3/t18-/m0/s1. The van der Waals surface area contributed by atoms with Crippen molar-refractivity contribution in [1.29, 1.82) is 0 Å². The van der Waals surface area contributed by atoms with Crippen LogP contribution in [-0.2, 0) is 4.79 Å². The summed E-state index contributed by atoms with van der Waals surface area (Å²) in [6, 6.07) is 18.2. The monoisotopic (exact) mass is 373 g/mol. The normalized spacial score (nSPS) is 16.0. The lowest BCUT2D eigenvalue weighted by Crippen LogP contribution is -2.48. The average Bonchev–Trinajstić information content (AvgIpc) is 3.19. The number of fused-ring (bicyclic) bond motifs is 1. The van der Waals surface area contributed by atoms with Crippen LogP contribution < -0.4 is 4.90 Å². The van der Waals surface area contributed by atoms with Crippen LogP contribution in [0.15, 0.2) is 66.9 Å². The number of hydrogen-bond acceptors (Lipinski definition) is 2. The quantitative estimate of drug-likeness (QED) is 0.704. The van der Waals surface area contributed by atoms with Gasteiger partial charge in [0, 0.05) is 48.0 Å². The lowest BCUT2D eigenvalue weighted by molar-refractivity contribution is -0.123. The molecule has 0 saturated carbocycles. The van der Waals surface area contributed by atoms with Gasteiger partial charge < -0.3 is 9.88 Å². The number of nitrogens with one attached hydrogen (secondary N) is 1. The van der Waals surface area contributed by atoms with Crippen LogP contribution in [0.5, 0.6) is 0 Å². The van der Waals surface area contributed by atoms with E-state index in [0.717, 1.165) is 25.2 Å². The number of rotatable bonds is 5. The van der Waals surface area contributed by atoms with Crippen molar-refractivity contribution < 1.29 is 4.79 Å². The highest BCUT2D eigenvalue weighted by Gasteiger charge is 2.27. The molecule has 0 unspecified atom stereocenters. The molecule has 4 heteroatoms. The number of anilines is 1. The fourth-order valence-corrected chi connectivity index (χ4v) is 4.07. The number of amides is 1. The van der Waals surface area contributed by atoms with Gasteiger partial charge in [0.15, 0.2) is 0 Å². The molecule has 1 aliphatic rings. The molecule has 1 N–H and O–H groups in total. The van der Waals surface area contributed by atoms with E-state index in [1.54, 1.807) is 0 Å². The van der Waals surface area contributed by atoms with Crippen LogP contribution in [-0.4, -0.2) is 41.5 Å². The van der Waals surface area contributed by atoms with Crippen molar-refractivity contribution >= 4 is 28.1 Å². The van der Waals surface area contributed by atoms with E-state index in [9.17, 15) is 4.79 Å². The van der Waals surface area contributed by atoms with Gasteiger partial charge in [0.1, 0.15) is 0 Å². The van der Waals surface area contributed by atoms with Gasteiger partial charge in [-0.05, 0) is 44.0 Å². The van der Waals surface area contributed by atoms with Crippen molar-refractivity contribution in [3.63, 3.8) is 0 Å². The SMILES string of the molecule is CCN(C(=O)[C@H](C)N1CC=C(c2c[nH]c3ccccc23)CC1)c1ccccc1. The molecule has 0 fully saturated rings. The molecule has 0 spiro atoms. The molecule has 2 aromatic carbocycles. The lowest BCUT2D eigenvalue weighted by atomic mass is 9.98. The van der Waals surface area contributed by atoms with Gasteiger partial charge in [0.2, 0.25) is 5.91 Å². The van der Waals surface area contributed by atoms with Gasteiger partial charge >= 0.3 is 0 Å². The maximum atomic E-state index is 13.1. The molecule has 0 saturated heterocycles. The van der Waals surface area contributed by atoms with Crippen LogP contribution in [0, 0.1) is 0 Å². The molecule has 144 valence electrons. The fourth-order valence-electron chi connectivity index (χ4n) is 4.07. The largest absolute Gasteiger partial charge is 0.361 e. The number of carbonyl (C=O) groups is 1. The van der Waals surface area contributed by atoms with Crippen molar-refractivity contribution in [2.45, 2.75) is 26.3 Å². The lowest BCUT2D eigenvalue weighted by Gasteiger charge is -2.34. The minimum Gasteiger partial charge on any atom is -0.361 e. The Hall–Kier alpha value is -2.85. The highest BCUT2D eigenvalue weighted by molar-refractivity contribution is 5.97. The first-order valence-electron chi connectivity index (χ1n) is 10.0. The van der Waals surface area contributed by atoms with E-state index in [0.29, 0.717) is 6.54 Å². The molecule has 1 amide bonds. The van der Waals surface area contributed by atoms with Crippen molar-refractivity contribution in [1.82, 2.24) is 9.88 Å². The first kappa shape index (κ1) is 18.5. The average molecular weight is 374 g/mol. The maximum absolute atomic E-state index is 13.1. The fraction of sp³-hybridized carbons (Fsp3) is 0.292. The third-order valence-electron chi connectivity index (χ3n) is 5.73. The van der Waals surface area contributed by atoms with Crippen LogP contribution in [0.25, 0.3) is 16.5 Å². The molecule has 1 aliphatic heterocycles. The van der Waals surface area contributed by atoms with Crippen LogP contribution in [0.4, 0.5) is 5.69 Å². The third kappa shape index (κ3) is 3.48. The molecule has 0 aliphatic carbocycles. The van der Waals surface area contributed by atoms with Gasteiger partial charge in [0.25, 0.3) is 0 Å². The zero-order chi connectivity index (χ0) is 19.5. The predicted octanol–water partition coefficient (Wildman–Crippen LogP) is 4.70. The van der Waals surface area contributed by atoms with Gasteiger partial charge in [-0.15, -0.1) is 0 Å². The molecule has 28 heavy (non-hydrogen) atoms. The Morgan fingerprint density at radius 2 is 1.89 bits per heavy atom. The molecule has 1 aromatic heterocycles. The van der Waals surface area contributed by atoms with E-state index >= 15 is 0 Å². The summed E-state index contributed by atoms with van der Waals surface area (Å²) in [6.45, 7) is 6.43. The number of aromatic nitrogens is 1. The summed E-state index contributed by atoms with van der Waals surface area (Å²) < 4.78 is 0. The Morgan fingerprint density at radius 1 is 1.14 bits per heavy atom. The molecular formula is C24H27N3O. The highest BCUT2D eigenvalue weighted by Crippen LogP contribution is 2.30. The molecule has 2 heterocycles. The van der Waals surface area contributed by atoms with Gasteiger partial charge in [-0.25, -0.2) is 0 Å². The van der Waals surface area contributed by atoms with Crippen LogP contribution in [0.1, 0.15) is 25.8 Å². The van der Waals surface area contributed by atoms with E-state index in [2.05, 4.69) is 46.4 Å². The minimum atomic E-state index is -0.138. The van der Waals surface area contributed by atoms with Crippen LogP contribution in [0.2, 0.25) is 0 Å². The summed E-state index contributed by atoms with van der Waals surface area (Å²) in [5.41, 5.74) is 4.79. The number of aromatic amines is 1. The van der Waals surface area contributed by atoms with E-state index in [1.165, 1.54) is 22.0 Å². The maximum Gasteiger partial charge on any atom is 0.244 e. The number of hydrogen-bond donors (Lipinski definition) is 1. The molecule has 4 nitrogen and oxygen atoms in total. The minimum absolute atomic E-state index is 0.138. The van der Waals surface area contributed by atoms with Gasteiger partial charge in [-0.3, -0.25) is 9.69 Å². The Bertz CT molecular complexity index is 989. The number of carbonyl (C=O) groups excluding carboxylic acids is 1. The topological polar surface area (TPSA) is 39.3 Å². The number of likely N-dealkylation sites (N-methyl/N-ethyl adjacent to an activating group) is 1. The zero-order valence-electron chi connectivity index (χ0n) is 16.6. The summed E-state index contributed by atoms with van der Waals surface area (Å²) >= 11 is 0. The van der Waals surface area contributed by atoms with E-state index < -0.39 is 0 Å². The predicted molar refractivity (Wildman–Crippen MR) is 116 cm³/mol. The Morgan fingerprint density at radius 3 is 2.61 bits per heavy atom. The van der Waals surface area contributed by atoms with E-state index in [-0.39, 0.29) is 11.9 Å². The second-order valence-corrected chi connectivity index (χ2v) is 7.32. The summed E-state index contributed by atoms with van der Waals surface area (Å²) in [5.74, 6) is 0.164. The van der Waals surface area contributed by atoms with Crippen LogP contribution in [0.3, 0.4) is 0 Å². The number of benzene rings is 2. The first-order chi connectivity index (χ1) is 13.7. The first-order valence-corrected chi connectivity index (χ1v) is 10.0. The second kappa shape index (κ2) is 8.03. The highest BCUT2D eigenvalue weighted by atomic mass is 16.2. The molecular weight excluding hydrogens is 346 g/mol. The number of H-pyrrole nitrogens is 1. The molecule has 0 radical (unpaired) electrons.